The average molecular weight is 412 g/mol. The molecule has 6 nitrogen and oxygen atoms in total. The number of fused-ring (bicyclic) bond motifs is 1. The molecule has 2 aromatic rings. The molecule has 0 radical (unpaired) electrons. The predicted molar refractivity (Wildman–Crippen MR) is 112 cm³/mol. The Morgan fingerprint density at radius 1 is 0.931 bits per heavy atom. The quantitative estimate of drug-likeness (QED) is 0.785. The molecule has 2 amide bonds. The minimum Gasteiger partial charge on any atom is -0.336 e. The number of nitrogens with zero attached hydrogens (tertiary/aromatic N) is 2. The van der Waals surface area contributed by atoms with Crippen molar-refractivity contribution in [2.75, 3.05) is 38.0 Å². The van der Waals surface area contributed by atoms with Crippen LogP contribution in [0.15, 0.2) is 42.5 Å². The van der Waals surface area contributed by atoms with Crippen LogP contribution in [-0.2, 0) is 11.2 Å². The molecule has 2 aliphatic heterocycles. The van der Waals surface area contributed by atoms with Gasteiger partial charge >= 0.3 is 0 Å². The third-order valence-corrected chi connectivity index (χ3v) is 5.69. The molecule has 29 heavy (non-hydrogen) atoms. The molecule has 1 N–H and O–H groups in total. The summed E-state index contributed by atoms with van der Waals surface area (Å²) < 4.78 is 0. The normalized spacial score (nSPS) is 16.9. The van der Waals surface area contributed by atoms with Crippen LogP contribution in [0.2, 0.25) is 5.02 Å². The van der Waals surface area contributed by atoms with Gasteiger partial charge in [0.25, 0.3) is 5.91 Å². The summed E-state index contributed by atoms with van der Waals surface area (Å²) in [6.07, 6.45) is 1.11. The van der Waals surface area contributed by atoms with Gasteiger partial charge in [0.05, 0.1) is 6.54 Å². The summed E-state index contributed by atoms with van der Waals surface area (Å²) in [5, 5.41) is 3.45. The third kappa shape index (κ3) is 4.49. The fourth-order valence-corrected chi connectivity index (χ4v) is 3.86. The van der Waals surface area contributed by atoms with Gasteiger partial charge in [-0.2, -0.15) is 0 Å². The van der Waals surface area contributed by atoms with Gasteiger partial charge in [0.2, 0.25) is 5.91 Å². The molecule has 1 fully saturated rings. The number of hydrogen-bond acceptors (Lipinski definition) is 4. The first-order valence-electron chi connectivity index (χ1n) is 9.73. The van der Waals surface area contributed by atoms with Gasteiger partial charge in [0.15, 0.2) is 5.78 Å². The summed E-state index contributed by atoms with van der Waals surface area (Å²) in [4.78, 5) is 40.7. The van der Waals surface area contributed by atoms with Crippen LogP contribution in [0.4, 0.5) is 5.69 Å². The first-order chi connectivity index (χ1) is 14.0. The Bertz CT molecular complexity index is 950. The Morgan fingerprint density at radius 2 is 1.62 bits per heavy atom. The van der Waals surface area contributed by atoms with E-state index in [0.717, 1.165) is 11.3 Å². The van der Waals surface area contributed by atoms with Gasteiger partial charge in [-0.15, -0.1) is 0 Å². The van der Waals surface area contributed by atoms with Crippen LogP contribution in [0.25, 0.3) is 0 Å². The van der Waals surface area contributed by atoms with Crippen LogP contribution in [0.1, 0.15) is 32.7 Å². The van der Waals surface area contributed by atoms with Gasteiger partial charge in [-0.3, -0.25) is 19.3 Å². The van der Waals surface area contributed by atoms with Gasteiger partial charge < -0.3 is 10.2 Å². The van der Waals surface area contributed by atoms with Gasteiger partial charge in [-0.1, -0.05) is 11.6 Å². The fraction of sp³-hybridized carbons (Fsp3) is 0.318. The van der Waals surface area contributed by atoms with Crippen molar-refractivity contribution >= 4 is 34.9 Å². The van der Waals surface area contributed by atoms with E-state index in [-0.39, 0.29) is 17.6 Å². The lowest BCUT2D eigenvalue weighted by Gasteiger charge is -2.34. The van der Waals surface area contributed by atoms with E-state index < -0.39 is 0 Å². The van der Waals surface area contributed by atoms with Gasteiger partial charge in [-0.05, 0) is 54.4 Å². The summed E-state index contributed by atoms with van der Waals surface area (Å²) >= 11 is 5.87. The van der Waals surface area contributed by atoms with E-state index in [4.69, 9.17) is 11.6 Å². The summed E-state index contributed by atoms with van der Waals surface area (Å²) in [6.45, 7) is 2.82. The molecule has 2 aromatic carbocycles. The Hall–Kier alpha value is -2.70. The lowest BCUT2D eigenvalue weighted by atomic mass is 10.00. The topological polar surface area (TPSA) is 69.7 Å². The zero-order chi connectivity index (χ0) is 20.4. The highest BCUT2D eigenvalue weighted by molar-refractivity contribution is 6.30. The second-order valence-corrected chi connectivity index (χ2v) is 7.85. The maximum atomic E-state index is 12.9. The van der Waals surface area contributed by atoms with Crippen LogP contribution in [0.5, 0.6) is 0 Å². The molecule has 2 aliphatic rings. The van der Waals surface area contributed by atoms with Crippen LogP contribution in [0.3, 0.4) is 0 Å². The summed E-state index contributed by atoms with van der Waals surface area (Å²) in [5.41, 5.74) is 3.09. The molecular weight excluding hydrogens is 390 g/mol. The van der Waals surface area contributed by atoms with Crippen molar-refractivity contribution < 1.29 is 14.4 Å². The van der Waals surface area contributed by atoms with Crippen molar-refractivity contribution in [1.82, 2.24) is 9.80 Å². The molecule has 4 rings (SSSR count). The summed E-state index contributed by atoms with van der Waals surface area (Å²) in [5.74, 6) is 0.0624. The van der Waals surface area contributed by atoms with Gasteiger partial charge in [-0.25, -0.2) is 0 Å². The number of piperazine rings is 1. The second-order valence-electron chi connectivity index (χ2n) is 7.42. The minimum atomic E-state index is -0.00613. The monoisotopic (exact) mass is 411 g/mol. The Kier molecular flexibility index (Phi) is 5.65. The molecule has 0 aromatic heterocycles. The molecular formula is C22H22ClN3O3. The molecule has 0 unspecified atom stereocenters. The van der Waals surface area contributed by atoms with E-state index in [2.05, 4.69) is 10.2 Å². The van der Waals surface area contributed by atoms with Crippen molar-refractivity contribution in [3.63, 3.8) is 0 Å². The highest BCUT2D eigenvalue weighted by Gasteiger charge is 2.25. The SMILES string of the molecule is O=C1CCc2cc(C(=O)N3CCN(CC(=O)c4ccc(Cl)cc4)CC3)ccc2N1. The Labute approximate surface area is 174 Å². The second kappa shape index (κ2) is 8.35. The number of hydrogen-bond donors (Lipinski definition) is 1. The molecule has 1 saturated heterocycles. The number of rotatable bonds is 4. The number of ketones is 1. The zero-order valence-corrected chi connectivity index (χ0v) is 16.7. The summed E-state index contributed by atoms with van der Waals surface area (Å²) in [7, 11) is 0. The number of benzene rings is 2. The fourth-order valence-electron chi connectivity index (χ4n) is 3.74. The number of carbonyl (C=O) groups excluding carboxylic acids is 3. The summed E-state index contributed by atoms with van der Waals surface area (Å²) in [6, 6.07) is 12.4. The molecule has 0 spiro atoms. The van der Waals surface area contributed by atoms with Crippen molar-refractivity contribution in [1.29, 1.82) is 0 Å². The molecule has 0 bridgehead atoms. The van der Waals surface area contributed by atoms with Crippen LogP contribution >= 0.6 is 11.6 Å². The van der Waals surface area contributed by atoms with Crippen LogP contribution in [-0.4, -0.2) is 60.1 Å². The minimum absolute atomic E-state index is 0.00613. The molecule has 0 saturated carbocycles. The van der Waals surface area contributed by atoms with E-state index in [1.807, 2.05) is 11.0 Å². The Balaban J connectivity index is 1.33. The number of nitrogens with one attached hydrogen (secondary N) is 1. The standard InChI is InChI=1S/C22H22ClN3O3/c23-18-5-1-15(2-6-18)20(27)14-25-9-11-26(12-10-25)22(29)17-3-7-19-16(13-17)4-8-21(28)24-19/h1-3,5-7,13H,4,8-12,14H2,(H,24,28). The van der Waals surface area contributed by atoms with Crippen molar-refractivity contribution in [3.05, 3.63) is 64.2 Å². The number of anilines is 1. The van der Waals surface area contributed by atoms with Crippen molar-refractivity contribution in [3.8, 4) is 0 Å². The van der Waals surface area contributed by atoms with Crippen LogP contribution in [0, 0.1) is 0 Å². The number of aryl methyl sites for hydroxylation is 1. The molecule has 2 heterocycles. The zero-order valence-electron chi connectivity index (χ0n) is 16.0. The van der Waals surface area contributed by atoms with Crippen molar-refractivity contribution in [2.24, 2.45) is 0 Å². The van der Waals surface area contributed by atoms with E-state index in [0.29, 0.717) is 61.7 Å². The number of Topliss-reactive ketones (excluding diaryl/α,β-unsaturated/α-hetero) is 1. The number of halogens is 1. The first-order valence-corrected chi connectivity index (χ1v) is 10.1. The number of carbonyl (C=O) groups is 3. The smallest absolute Gasteiger partial charge is 0.253 e. The van der Waals surface area contributed by atoms with E-state index in [1.165, 1.54) is 0 Å². The maximum absolute atomic E-state index is 12.9. The highest BCUT2D eigenvalue weighted by atomic mass is 35.5. The third-order valence-electron chi connectivity index (χ3n) is 5.44. The maximum Gasteiger partial charge on any atom is 0.253 e. The van der Waals surface area contributed by atoms with E-state index >= 15 is 0 Å². The van der Waals surface area contributed by atoms with Crippen molar-refractivity contribution in [2.45, 2.75) is 12.8 Å². The average Bonchev–Trinajstić information content (AvgIpc) is 2.74. The van der Waals surface area contributed by atoms with E-state index in [1.54, 1.807) is 36.4 Å². The molecule has 0 atom stereocenters. The predicted octanol–water partition coefficient (Wildman–Crippen LogP) is 2.87. The lowest BCUT2D eigenvalue weighted by molar-refractivity contribution is -0.116. The number of amides is 2. The highest BCUT2D eigenvalue weighted by Crippen LogP contribution is 2.24. The van der Waals surface area contributed by atoms with E-state index in [9.17, 15) is 14.4 Å². The molecule has 7 heteroatoms. The lowest BCUT2D eigenvalue weighted by Crippen LogP contribution is -2.49. The Morgan fingerprint density at radius 3 is 2.34 bits per heavy atom. The van der Waals surface area contributed by atoms with Gasteiger partial charge in [0.1, 0.15) is 0 Å². The largest absolute Gasteiger partial charge is 0.336 e. The first kappa shape index (κ1) is 19.6. The molecule has 0 aliphatic carbocycles. The van der Waals surface area contributed by atoms with Crippen LogP contribution < -0.4 is 5.32 Å². The molecule has 150 valence electrons. The van der Waals surface area contributed by atoms with Gasteiger partial charge in [0, 0.05) is 54.4 Å².